The Balaban J connectivity index is 1.81. The molecule has 3 rings (SSSR count). The van der Waals surface area contributed by atoms with Crippen LogP contribution in [0.5, 0.6) is 11.5 Å². The average molecular weight is 252 g/mol. The van der Waals surface area contributed by atoms with Crippen LogP contribution in [0, 0.1) is 0 Å². The van der Waals surface area contributed by atoms with Crippen molar-refractivity contribution >= 4 is 11.5 Å². The molecule has 0 amide bonds. The molecule has 3 nitrogen and oxygen atoms in total. The van der Waals surface area contributed by atoms with Gasteiger partial charge in [0.25, 0.3) is 0 Å². The monoisotopic (exact) mass is 252 g/mol. The number of para-hydroxylation sites is 3. The molecule has 2 aromatic carbocycles. The Morgan fingerprint density at radius 3 is 2.53 bits per heavy atom. The summed E-state index contributed by atoms with van der Waals surface area (Å²) in [6, 6.07) is 17.7. The van der Waals surface area contributed by atoms with E-state index in [-0.39, 0.29) is 0 Å². The molecule has 0 fully saturated rings. The van der Waals surface area contributed by atoms with Crippen molar-refractivity contribution in [1.29, 1.82) is 0 Å². The molecular formula is C16H16N2O. The number of nitrogens with one attached hydrogen (secondary N) is 1. The van der Waals surface area contributed by atoms with Crippen LogP contribution in [0.15, 0.2) is 59.6 Å². The molecule has 1 aliphatic heterocycles. The Labute approximate surface area is 113 Å². The maximum absolute atomic E-state index is 5.90. The minimum absolute atomic E-state index is 0.823. The second-order valence-electron chi connectivity index (χ2n) is 4.47. The van der Waals surface area contributed by atoms with Gasteiger partial charge in [0.05, 0.1) is 5.69 Å². The molecule has 0 saturated heterocycles. The maximum Gasteiger partial charge on any atom is 0.150 e. The fourth-order valence-electron chi connectivity index (χ4n) is 2.07. The van der Waals surface area contributed by atoms with Crippen molar-refractivity contribution in [2.75, 3.05) is 11.9 Å². The van der Waals surface area contributed by atoms with Gasteiger partial charge in [0, 0.05) is 13.0 Å². The molecule has 0 radical (unpaired) electrons. The summed E-state index contributed by atoms with van der Waals surface area (Å²) in [6.45, 7) is 0.921. The van der Waals surface area contributed by atoms with E-state index in [9.17, 15) is 0 Å². The van der Waals surface area contributed by atoms with Crippen LogP contribution in [0.4, 0.5) is 5.69 Å². The molecule has 1 aliphatic rings. The zero-order valence-corrected chi connectivity index (χ0v) is 10.7. The topological polar surface area (TPSA) is 33.6 Å². The summed E-state index contributed by atoms with van der Waals surface area (Å²) in [5, 5.41) is 3.35. The summed E-state index contributed by atoms with van der Waals surface area (Å²) in [5.41, 5.74) is 0.965. The van der Waals surface area contributed by atoms with E-state index < -0.39 is 0 Å². The van der Waals surface area contributed by atoms with Crippen molar-refractivity contribution in [1.82, 2.24) is 0 Å². The van der Waals surface area contributed by atoms with Crippen molar-refractivity contribution in [3.8, 4) is 11.5 Å². The highest BCUT2D eigenvalue weighted by Gasteiger charge is 2.09. The number of anilines is 1. The van der Waals surface area contributed by atoms with Crippen LogP contribution in [0.2, 0.25) is 0 Å². The number of aliphatic imine (C=N–C) groups is 1. The summed E-state index contributed by atoms with van der Waals surface area (Å²) in [6.07, 6.45) is 2.14. The summed E-state index contributed by atoms with van der Waals surface area (Å²) >= 11 is 0. The highest BCUT2D eigenvalue weighted by Crippen LogP contribution is 2.29. The lowest BCUT2D eigenvalue weighted by atomic mass is 10.2. The van der Waals surface area contributed by atoms with Gasteiger partial charge in [-0.15, -0.1) is 0 Å². The Morgan fingerprint density at radius 1 is 0.947 bits per heavy atom. The first kappa shape index (κ1) is 11.8. The lowest BCUT2D eigenvalue weighted by Gasteiger charge is -2.12. The van der Waals surface area contributed by atoms with Gasteiger partial charge in [0.15, 0.2) is 5.75 Å². The van der Waals surface area contributed by atoms with E-state index in [1.165, 1.54) is 0 Å². The van der Waals surface area contributed by atoms with Crippen molar-refractivity contribution < 1.29 is 4.74 Å². The molecule has 0 atom stereocenters. The molecule has 2 aromatic rings. The van der Waals surface area contributed by atoms with E-state index in [2.05, 4.69) is 10.3 Å². The number of benzene rings is 2. The SMILES string of the molecule is c1ccc(Oc2ccccc2NC2=NCCC2)cc1. The highest BCUT2D eigenvalue weighted by atomic mass is 16.5. The minimum atomic E-state index is 0.823. The van der Waals surface area contributed by atoms with Gasteiger partial charge in [-0.1, -0.05) is 30.3 Å². The van der Waals surface area contributed by atoms with Crippen LogP contribution in [-0.2, 0) is 0 Å². The molecule has 19 heavy (non-hydrogen) atoms. The van der Waals surface area contributed by atoms with E-state index in [0.717, 1.165) is 42.4 Å². The number of hydrogen-bond donors (Lipinski definition) is 1. The number of amidine groups is 1. The number of ether oxygens (including phenoxy) is 1. The molecule has 3 heteroatoms. The van der Waals surface area contributed by atoms with Crippen molar-refractivity contribution in [2.24, 2.45) is 4.99 Å². The quantitative estimate of drug-likeness (QED) is 0.892. The fourth-order valence-corrected chi connectivity index (χ4v) is 2.07. The van der Waals surface area contributed by atoms with E-state index in [0.29, 0.717) is 0 Å². The van der Waals surface area contributed by atoms with E-state index in [4.69, 9.17) is 4.74 Å². The summed E-state index contributed by atoms with van der Waals surface area (Å²) in [7, 11) is 0. The van der Waals surface area contributed by atoms with Crippen LogP contribution < -0.4 is 10.1 Å². The molecule has 1 heterocycles. The summed E-state index contributed by atoms with van der Waals surface area (Å²) in [5.74, 6) is 2.71. The first-order valence-corrected chi connectivity index (χ1v) is 6.54. The third-order valence-corrected chi connectivity index (χ3v) is 3.01. The van der Waals surface area contributed by atoms with Crippen LogP contribution in [0.25, 0.3) is 0 Å². The van der Waals surface area contributed by atoms with E-state index in [1.807, 2.05) is 54.6 Å². The second-order valence-corrected chi connectivity index (χ2v) is 4.47. The smallest absolute Gasteiger partial charge is 0.150 e. The summed E-state index contributed by atoms with van der Waals surface area (Å²) in [4.78, 5) is 4.43. The summed E-state index contributed by atoms with van der Waals surface area (Å²) < 4.78 is 5.90. The van der Waals surface area contributed by atoms with Crippen LogP contribution >= 0.6 is 0 Å². The van der Waals surface area contributed by atoms with Gasteiger partial charge in [-0.2, -0.15) is 0 Å². The lowest BCUT2D eigenvalue weighted by molar-refractivity contribution is 0.485. The van der Waals surface area contributed by atoms with Crippen molar-refractivity contribution in [2.45, 2.75) is 12.8 Å². The van der Waals surface area contributed by atoms with Gasteiger partial charge < -0.3 is 10.1 Å². The fraction of sp³-hybridized carbons (Fsp3) is 0.188. The van der Waals surface area contributed by atoms with Crippen molar-refractivity contribution in [3.05, 3.63) is 54.6 Å². The zero-order chi connectivity index (χ0) is 12.9. The van der Waals surface area contributed by atoms with Gasteiger partial charge >= 0.3 is 0 Å². The van der Waals surface area contributed by atoms with E-state index >= 15 is 0 Å². The molecule has 0 aliphatic carbocycles. The normalized spacial score (nSPS) is 14.0. The average Bonchev–Trinajstić information content (AvgIpc) is 2.95. The Hall–Kier alpha value is -2.29. The van der Waals surface area contributed by atoms with Gasteiger partial charge in [0.1, 0.15) is 11.6 Å². The molecule has 96 valence electrons. The molecule has 0 saturated carbocycles. The minimum Gasteiger partial charge on any atom is -0.455 e. The number of hydrogen-bond acceptors (Lipinski definition) is 3. The third-order valence-electron chi connectivity index (χ3n) is 3.01. The Bertz CT molecular complexity index is 578. The second kappa shape index (κ2) is 5.57. The predicted octanol–water partition coefficient (Wildman–Crippen LogP) is 4.08. The molecule has 0 bridgehead atoms. The van der Waals surface area contributed by atoms with Crippen LogP contribution in [-0.4, -0.2) is 12.4 Å². The Morgan fingerprint density at radius 2 is 1.74 bits per heavy atom. The van der Waals surface area contributed by atoms with Gasteiger partial charge in [-0.05, 0) is 30.7 Å². The standard InChI is InChI=1S/C16H16N2O/c1-2-7-13(8-3-1)19-15-10-5-4-9-14(15)18-16-11-6-12-17-16/h1-5,7-10H,6,11-12H2,(H,17,18). The first-order valence-electron chi connectivity index (χ1n) is 6.54. The van der Waals surface area contributed by atoms with Gasteiger partial charge in [-0.25, -0.2) is 0 Å². The van der Waals surface area contributed by atoms with Crippen LogP contribution in [0.1, 0.15) is 12.8 Å². The molecule has 1 N–H and O–H groups in total. The zero-order valence-electron chi connectivity index (χ0n) is 10.7. The molecule has 0 spiro atoms. The molecular weight excluding hydrogens is 236 g/mol. The van der Waals surface area contributed by atoms with Gasteiger partial charge in [0.2, 0.25) is 0 Å². The van der Waals surface area contributed by atoms with E-state index in [1.54, 1.807) is 0 Å². The highest BCUT2D eigenvalue weighted by molar-refractivity contribution is 5.97. The first-order chi connectivity index (χ1) is 9.42. The predicted molar refractivity (Wildman–Crippen MR) is 78.1 cm³/mol. The van der Waals surface area contributed by atoms with Gasteiger partial charge in [-0.3, -0.25) is 4.99 Å². The Kier molecular flexibility index (Phi) is 3.45. The van der Waals surface area contributed by atoms with Crippen LogP contribution in [0.3, 0.4) is 0 Å². The molecule has 0 unspecified atom stereocenters. The van der Waals surface area contributed by atoms with Crippen molar-refractivity contribution in [3.63, 3.8) is 0 Å². The lowest BCUT2D eigenvalue weighted by Crippen LogP contribution is -2.09. The number of rotatable bonds is 3. The molecule has 0 aromatic heterocycles. The number of nitrogens with zero attached hydrogens (tertiary/aromatic N) is 1. The third kappa shape index (κ3) is 2.94. The maximum atomic E-state index is 5.90. The largest absolute Gasteiger partial charge is 0.455 e.